The van der Waals surface area contributed by atoms with Crippen molar-refractivity contribution in [1.82, 2.24) is 9.97 Å². The summed E-state index contributed by atoms with van der Waals surface area (Å²) in [5.74, 6) is 0. The standard InChI is InChI=1S/C12H12F3N3/c1-8-11(18-7-17-8)6-16-10-5-3-2-4-9(10)12(13,14)15/h2-5,7,16H,6H2,1H3,(H,17,18). The van der Waals surface area contributed by atoms with Crippen molar-refractivity contribution in [3.8, 4) is 0 Å². The lowest BCUT2D eigenvalue weighted by atomic mass is 10.1. The lowest BCUT2D eigenvalue weighted by molar-refractivity contribution is -0.136. The molecule has 18 heavy (non-hydrogen) atoms. The van der Waals surface area contributed by atoms with Gasteiger partial charge in [-0.3, -0.25) is 0 Å². The summed E-state index contributed by atoms with van der Waals surface area (Å²) in [7, 11) is 0. The van der Waals surface area contributed by atoms with Gasteiger partial charge >= 0.3 is 6.18 Å². The van der Waals surface area contributed by atoms with Crippen LogP contribution in [0.15, 0.2) is 30.6 Å². The van der Waals surface area contributed by atoms with Gasteiger partial charge in [0.15, 0.2) is 0 Å². The van der Waals surface area contributed by atoms with Gasteiger partial charge < -0.3 is 10.3 Å². The number of rotatable bonds is 3. The lowest BCUT2D eigenvalue weighted by Crippen LogP contribution is -2.11. The first-order chi connectivity index (χ1) is 8.48. The first-order valence-electron chi connectivity index (χ1n) is 5.37. The summed E-state index contributed by atoms with van der Waals surface area (Å²) in [5, 5.41) is 2.76. The summed E-state index contributed by atoms with van der Waals surface area (Å²) in [5.41, 5.74) is 0.935. The zero-order valence-corrected chi connectivity index (χ0v) is 9.67. The fourth-order valence-electron chi connectivity index (χ4n) is 1.63. The summed E-state index contributed by atoms with van der Waals surface area (Å²) < 4.78 is 38.2. The van der Waals surface area contributed by atoms with Crippen molar-refractivity contribution in [1.29, 1.82) is 0 Å². The number of imidazole rings is 1. The molecular weight excluding hydrogens is 243 g/mol. The average Bonchev–Trinajstić information content (AvgIpc) is 2.71. The number of H-pyrrole nitrogens is 1. The Labute approximate surface area is 102 Å². The van der Waals surface area contributed by atoms with Crippen LogP contribution in [0.1, 0.15) is 17.0 Å². The van der Waals surface area contributed by atoms with Gasteiger partial charge in [0.1, 0.15) is 0 Å². The van der Waals surface area contributed by atoms with Crippen molar-refractivity contribution in [3.05, 3.63) is 47.5 Å². The van der Waals surface area contributed by atoms with E-state index in [9.17, 15) is 13.2 Å². The third-order valence-electron chi connectivity index (χ3n) is 2.61. The Bertz CT molecular complexity index is 531. The lowest BCUT2D eigenvalue weighted by Gasteiger charge is -2.13. The second-order valence-corrected chi connectivity index (χ2v) is 3.87. The fourth-order valence-corrected chi connectivity index (χ4v) is 1.63. The molecule has 0 fully saturated rings. The quantitative estimate of drug-likeness (QED) is 0.883. The Balaban J connectivity index is 2.17. The van der Waals surface area contributed by atoms with Gasteiger partial charge in [0.05, 0.1) is 24.1 Å². The molecular formula is C12H12F3N3. The summed E-state index contributed by atoms with van der Waals surface area (Å²) in [6, 6.07) is 5.40. The molecule has 2 aromatic rings. The summed E-state index contributed by atoms with van der Waals surface area (Å²) in [6.45, 7) is 2.07. The van der Waals surface area contributed by atoms with Crippen LogP contribution >= 0.6 is 0 Å². The number of nitrogens with zero attached hydrogens (tertiary/aromatic N) is 1. The van der Waals surface area contributed by atoms with E-state index in [1.54, 1.807) is 6.07 Å². The number of alkyl halides is 3. The van der Waals surface area contributed by atoms with Crippen LogP contribution in [-0.4, -0.2) is 9.97 Å². The first kappa shape index (κ1) is 12.5. The SMILES string of the molecule is Cc1[nH]cnc1CNc1ccccc1C(F)(F)F. The Hall–Kier alpha value is -1.98. The van der Waals surface area contributed by atoms with Crippen molar-refractivity contribution in [3.63, 3.8) is 0 Å². The van der Waals surface area contributed by atoms with Gasteiger partial charge in [-0.2, -0.15) is 13.2 Å². The van der Waals surface area contributed by atoms with E-state index in [1.807, 2.05) is 6.92 Å². The molecule has 0 saturated carbocycles. The van der Waals surface area contributed by atoms with E-state index in [2.05, 4.69) is 15.3 Å². The Morgan fingerprint density at radius 1 is 1.28 bits per heavy atom. The van der Waals surface area contributed by atoms with Crippen LogP contribution in [0.3, 0.4) is 0 Å². The molecule has 1 aromatic heterocycles. The number of aromatic nitrogens is 2. The Morgan fingerprint density at radius 3 is 2.61 bits per heavy atom. The van der Waals surface area contributed by atoms with Crippen molar-refractivity contribution >= 4 is 5.69 Å². The predicted molar refractivity (Wildman–Crippen MR) is 62.1 cm³/mol. The summed E-state index contributed by atoms with van der Waals surface area (Å²) in [4.78, 5) is 6.90. The van der Waals surface area contributed by atoms with E-state index in [0.29, 0.717) is 5.69 Å². The van der Waals surface area contributed by atoms with Gasteiger partial charge in [-0.15, -0.1) is 0 Å². The molecule has 0 aliphatic heterocycles. The number of hydrogen-bond acceptors (Lipinski definition) is 2. The third kappa shape index (κ3) is 2.64. The number of nitrogens with one attached hydrogen (secondary N) is 2. The smallest absolute Gasteiger partial charge is 0.379 e. The maximum Gasteiger partial charge on any atom is 0.418 e. The van der Waals surface area contributed by atoms with E-state index in [-0.39, 0.29) is 12.2 Å². The van der Waals surface area contributed by atoms with Crippen LogP contribution in [0.4, 0.5) is 18.9 Å². The topological polar surface area (TPSA) is 40.7 Å². The molecule has 0 aliphatic rings. The minimum atomic E-state index is -4.36. The molecule has 0 radical (unpaired) electrons. The molecule has 1 aromatic carbocycles. The van der Waals surface area contributed by atoms with Crippen LogP contribution in [0.2, 0.25) is 0 Å². The molecule has 3 nitrogen and oxygen atoms in total. The maximum absolute atomic E-state index is 12.7. The van der Waals surface area contributed by atoms with Crippen molar-refractivity contribution in [2.45, 2.75) is 19.6 Å². The van der Waals surface area contributed by atoms with Gasteiger partial charge in [0.2, 0.25) is 0 Å². The predicted octanol–water partition coefficient (Wildman–Crippen LogP) is 3.35. The largest absolute Gasteiger partial charge is 0.418 e. The summed E-state index contributed by atoms with van der Waals surface area (Å²) >= 11 is 0. The zero-order chi connectivity index (χ0) is 13.2. The van der Waals surface area contributed by atoms with E-state index in [4.69, 9.17) is 0 Å². The molecule has 6 heteroatoms. The van der Waals surface area contributed by atoms with Gasteiger partial charge in [0.25, 0.3) is 0 Å². The number of aryl methyl sites for hydroxylation is 1. The number of anilines is 1. The Morgan fingerprint density at radius 2 is 2.00 bits per heavy atom. The number of hydrogen-bond donors (Lipinski definition) is 2. The van der Waals surface area contributed by atoms with Crippen molar-refractivity contribution in [2.75, 3.05) is 5.32 Å². The van der Waals surface area contributed by atoms with Gasteiger partial charge in [-0.25, -0.2) is 4.98 Å². The zero-order valence-electron chi connectivity index (χ0n) is 9.67. The molecule has 0 atom stereocenters. The van der Waals surface area contributed by atoms with E-state index < -0.39 is 11.7 Å². The molecule has 0 amide bonds. The molecule has 1 heterocycles. The highest BCUT2D eigenvalue weighted by Gasteiger charge is 2.33. The third-order valence-corrected chi connectivity index (χ3v) is 2.61. The first-order valence-corrected chi connectivity index (χ1v) is 5.37. The fraction of sp³-hybridized carbons (Fsp3) is 0.250. The normalized spacial score (nSPS) is 11.6. The maximum atomic E-state index is 12.7. The minimum Gasteiger partial charge on any atom is -0.379 e. The number of aromatic amines is 1. The Kier molecular flexibility index (Phi) is 3.27. The van der Waals surface area contributed by atoms with Crippen LogP contribution in [-0.2, 0) is 12.7 Å². The second kappa shape index (κ2) is 4.72. The van der Waals surface area contributed by atoms with Crippen LogP contribution < -0.4 is 5.32 Å². The highest BCUT2D eigenvalue weighted by atomic mass is 19.4. The van der Waals surface area contributed by atoms with Gasteiger partial charge in [-0.05, 0) is 19.1 Å². The second-order valence-electron chi connectivity index (χ2n) is 3.87. The van der Waals surface area contributed by atoms with Crippen molar-refractivity contribution < 1.29 is 13.2 Å². The number of para-hydroxylation sites is 1. The monoisotopic (exact) mass is 255 g/mol. The molecule has 0 bridgehead atoms. The minimum absolute atomic E-state index is 0.0624. The van der Waals surface area contributed by atoms with Gasteiger partial charge in [0, 0.05) is 11.4 Å². The molecule has 0 spiro atoms. The highest BCUT2D eigenvalue weighted by molar-refractivity contribution is 5.52. The molecule has 2 N–H and O–H groups in total. The summed E-state index contributed by atoms with van der Waals surface area (Å²) in [6.07, 6.45) is -2.84. The molecule has 0 unspecified atom stereocenters. The van der Waals surface area contributed by atoms with Gasteiger partial charge in [-0.1, -0.05) is 12.1 Å². The van der Waals surface area contributed by atoms with E-state index >= 15 is 0 Å². The number of halogens is 3. The molecule has 0 aliphatic carbocycles. The average molecular weight is 255 g/mol. The molecule has 96 valence electrons. The highest BCUT2D eigenvalue weighted by Crippen LogP contribution is 2.34. The molecule has 0 saturated heterocycles. The van der Waals surface area contributed by atoms with Crippen LogP contribution in [0, 0.1) is 6.92 Å². The van der Waals surface area contributed by atoms with E-state index in [1.165, 1.54) is 18.5 Å². The molecule has 2 rings (SSSR count). The number of benzene rings is 1. The van der Waals surface area contributed by atoms with E-state index in [0.717, 1.165) is 11.8 Å². The van der Waals surface area contributed by atoms with Crippen LogP contribution in [0.25, 0.3) is 0 Å². The van der Waals surface area contributed by atoms with Crippen molar-refractivity contribution in [2.24, 2.45) is 0 Å². The van der Waals surface area contributed by atoms with Crippen LogP contribution in [0.5, 0.6) is 0 Å².